The maximum absolute atomic E-state index is 12.3. The summed E-state index contributed by atoms with van der Waals surface area (Å²) < 4.78 is 68.0. The molecule has 1 aliphatic rings. The number of alkyl carbamates (subject to hydrolysis) is 1. The first kappa shape index (κ1) is 20.6. The van der Waals surface area contributed by atoms with Gasteiger partial charge in [-0.15, -0.1) is 0 Å². The minimum absolute atomic E-state index is 0.192. The fraction of sp³-hybridized carbons (Fsp3) is 0.786. The second-order valence-corrected chi connectivity index (χ2v) is 8.18. The number of allylic oxidation sites excluding steroid dienone is 1. The van der Waals surface area contributed by atoms with E-state index >= 15 is 0 Å². The Balaban J connectivity index is 2.48. The second-order valence-electron chi connectivity index (χ2n) is 6.64. The number of hydrogen-bond acceptors (Lipinski definition) is 5. The molecule has 1 amide bonds. The topological polar surface area (TPSA) is 81.7 Å². The Morgan fingerprint density at radius 2 is 1.62 bits per heavy atom. The third-order valence-electron chi connectivity index (χ3n) is 3.40. The first-order valence-electron chi connectivity index (χ1n) is 7.40. The van der Waals surface area contributed by atoms with Gasteiger partial charge in [-0.25, -0.2) is 4.79 Å². The lowest BCUT2D eigenvalue weighted by atomic mass is 9.85. The SMILES string of the molecule is C=C(OS(=O)(=O)C(F)(F)F)[C@H]1CC[C@H](NC(=O)OC(C)(C)C)CC1. The molecular formula is C14H22F3NO5S. The van der Waals surface area contributed by atoms with Crippen LogP contribution in [0.15, 0.2) is 12.3 Å². The number of ether oxygens (including phenoxy) is 1. The molecule has 1 saturated carbocycles. The van der Waals surface area contributed by atoms with Crippen molar-refractivity contribution in [2.24, 2.45) is 5.92 Å². The van der Waals surface area contributed by atoms with E-state index < -0.39 is 39.0 Å². The Labute approximate surface area is 139 Å². The number of alkyl halides is 3. The van der Waals surface area contributed by atoms with Gasteiger partial charge in [-0.3, -0.25) is 0 Å². The normalized spacial score (nSPS) is 22.6. The zero-order valence-electron chi connectivity index (χ0n) is 13.8. The van der Waals surface area contributed by atoms with Crippen molar-refractivity contribution in [1.82, 2.24) is 5.32 Å². The van der Waals surface area contributed by atoms with E-state index in [9.17, 15) is 26.4 Å². The maximum Gasteiger partial charge on any atom is 0.534 e. The highest BCUT2D eigenvalue weighted by Crippen LogP contribution is 2.34. The summed E-state index contributed by atoms with van der Waals surface area (Å²) in [6.45, 7) is 8.48. The monoisotopic (exact) mass is 373 g/mol. The number of carbonyl (C=O) groups excluding carboxylic acids is 1. The van der Waals surface area contributed by atoms with Crippen LogP contribution in [0.3, 0.4) is 0 Å². The average molecular weight is 373 g/mol. The molecule has 0 radical (unpaired) electrons. The van der Waals surface area contributed by atoms with E-state index in [0.29, 0.717) is 25.7 Å². The fourth-order valence-corrected chi connectivity index (χ4v) is 2.80. The van der Waals surface area contributed by atoms with Crippen LogP contribution in [0.5, 0.6) is 0 Å². The third-order valence-corrected chi connectivity index (χ3v) is 4.40. The van der Waals surface area contributed by atoms with Gasteiger partial charge in [0.1, 0.15) is 11.4 Å². The van der Waals surface area contributed by atoms with E-state index in [4.69, 9.17) is 4.74 Å². The molecule has 6 nitrogen and oxygen atoms in total. The molecule has 1 N–H and O–H groups in total. The van der Waals surface area contributed by atoms with Gasteiger partial charge in [-0.05, 0) is 46.5 Å². The molecule has 1 rings (SSSR count). The summed E-state index contributed by atoms with van der Waals surface area (Å²) in [5.41, 5.74) is -6.11. The number of amides is 1. The number of carbonyl (C=O) groups is 1. The van der Waals surface area contributed by atoms with Gasteiger partial charge < -0.3 is 14.2 Å². The zero-order valence-corrected chi connectivity index (χ0v) is 14.6. The summed E-state index contributed by atoms with van der Waals surface area (Å²) in [7, 11) is -5.69. The predicted molar refractivity (Wildman–Crippen MR) is 80.3 cm³/mol. The van der Waals surface area contributed by atoms with Crippen LogP contribution < -0.4 is 5.32 Å². The van der Waals surface area contributed by atoms with Crippen molar-refractivity contribution in [2.45, 2.75) is 63.6 Å². The molecule has 0 atom stereocenters. The van der Waals surface area contributed by atoms with E-state index in [1.165, 1.54) is 0 Å². The van der Waals surface area contributed by atoms with Gasteiger partial charge in [0.15, 0.2) is 0 Å². The number of hydrogen-bond donors (Lipinski definition) is 1. The number of nitrogens with one attached hydrogen (secondary N) is 1. The Bertz CT molecular complexity index is 572. The number of rotatable bonds is 4. The second kappa shape index (κ2) is 7.20. The van der Waals surface area contributed by atoms with E-state index in [1.807, 2.05) is 0 Å². The van der Waals surface area contributed by atoms with Crippen molar-refractivity contribution >= 4 is 16.2 Å². The summed E-state index contributed by atoms with van der Waals surface area (Å²) in [5, 5.41) is 2.68. The molecule has 0 bridgehead atoms. The highest BCUT2D eigenvalue weighted by atomic mass is 32.2. The molecule has 0 aromatic rings. The van der Waals surface area contributed by atoms with Crippen molar-refractivity contribution in [3.63, 3.8) is 0 Å². The molecule has 0 aliphatic heterocycles. The lowest BCUT2D eigenvalue weighted by Gasteiger charge is -2.30. The minimum atomic E-state index is -5.69. The summed E-state index contributed by atoms with van der Waals surface area (Å²) in [4.78, 5) is 11.7. The van der Waals surface area contributed by atoms with E-state index in [0.717, 1.165) is 0 Å². The molecule has 140 valence electrons. The Hall–Kier alpha value is -1.45. The van der Waals surface area contributed by atoms with Gasteiger partial charge in [-0.2, -0.15) is 21.6 Å². The Kier molecular flexibility index (Phi) is 6.18. The van der Waals surface area contributed by atoms with Crippen LogP contribution in [0.2, 0.25) is 0 Å². The minimum Gasteiger partial charge on any atom is -0.444 e. The summed E-state index contributed by atoms with van der Waals surface area (Å²) in [6.07, 6.45) is 1.05. The number of halogens is 3. The van der Waals surface area contributed by atoms with Gasteiger partial charge in [-0.1, -0.05) is 6.58 Å². The van der Waals surface area contributed by atoms with E-state index in [1.54, 1.807) is 20.8 Å². The van der Waals surface area contributed by atoms with E-state index in [-0.39, 0.29) is 6.04 Å². The highest BCUT2D eigenvalue weighted by molar-refractivity contribution is 7.87. The van der Waals surface area contributed by atoms with Gasteiger partial charge in [0.25, 0.3) is 0 Å². The molecular weight excluding hydrogens is 351 g/mol. The van der Waals surface area contributed by atoms with Gasteiger partial charge in [0.2, 0.25) is 0 Å². The summed E-state index contributed by atoms with van der Waals surface area (Å²) in [6, 6.07) is -0.192. The first-order chi connectivity index (χ1) is 10.7. The summed E-state index contributed by atoms with van der Waals surface area (Å²) >= 11 is 0. The summed E-state index contributed by atoms with van der Waals surface area (Å²) in [5.74, 6) is -0.943. The molecule has 0 saturated heterocycles. The quantitative estimate of drug-likeness (QED) is 0.464. The smallest absolute Gasteiger partial charge is 0.444 e. The highest BCUT2D eigenvalue weighted by Gasteiger charge is 2.49. The average Bonchev–Trinajstić information content (AvgIpc) is 2.35. The van der Waals surface area contributed by atoms with Crippen LogP contribution in [0, 0.1) is 5.92 Å². The van der Waals surface area contributed by atoms with Crippen LogP contribution in [0.4, 0.5) is 18.0 Å². The Morgan fingerprint density at radius 3 is 2.04 bits per heavy atom. The van der Waals surface area contributed by atoms with Crippen molar-refractivity contribution in [1.29, 1.82) is 0 Å². The molecule has 0 spiro atoms. The zero-order chi connectivity index (χ0) is 18.8. The molecule has 0 aromatic heterocycles. The fourth-order valence-electron chi connectivity index (χ4n) is 2.29. The molecule has 1 aliphatic carbocycles. The van der Waals surface area contributed by atoms with Crippen LogP contribution in [0.25, 0.3) is 0 Å². The maximum atomic E-state index is 12.3. The first-order valence-corrected chi connectivity index (χ1v) is 8.81. The standard InChI is InChI=1S/C14H22F3NO5S/c1-9(23-24(20,21)14(15,16)17)10-5-7-11(8-6-10)18-12(19)22-13(2,3)4/h10-11H,1,5-8H2,2-4H3,(H,18,19)/t10-,11-. The van der Waals surface area contributed by atoms with Gasteiger partial charge in [0.05, 0.1) is 0 Å². The lowest BCUT2D eigenvalue weighted by molar-refractivity contribution is -0.0528. The van der Waals surface area contributed by atoms with Crippen LogP contribution in [-0.2, 0) is 19.0 Å². The molecule has 24 heavy (non-hydrogen) atoms. The molecule has 0 unspecified atom stereocenters. The molecule has 1 fully saturated rings. The van der Waals surface area contributed by atoms with Crippen LogP contribution >= 0.6 is 0 Å². The van der Waals surface area contributed by atoms with Crippen molar-refractivity contribution in [2.75, 3.05) is 0 Å². The van der Waals surface area contributed by atoms with Crippen LogP contribution in [0.1, 0.15) is 46.5 Å². The third kappa shape index (κ3) is 6.21. The molecule has 0 heterocycles. The lowest BCUT2D eigenvalue weighted by Crippen LogP contribution is -2.41. The molecule has 0 aromatic carbocycles. The van der Waals surface area contributed by atoms with Crippen molar-refractivity contribution in [3.8, 4) is 0 Å². The van der Waals surface area contributed by atoms with Gasteiger partial charge >= 0.3 is 21.7 Å². The van der Waals surface area contributed by atoms with Gasteiger partial charge in [0, 0.05) is 12.0 Å². The van der Waals surface area contributed by atoms with Crippen molar-refractivity contribution < 1.29 is 35.3 Å². The Morgan fingerprint density at radius 1 is 1.12 bits per heavy atom. The van der Waals surface area contributed by atoms with Crippen LogP contribution in [-0.4, -0.2) is 31.7 Å². The van der Waals surface area contributed by atoms with E-state index in [2.05, 4.69) is 16.1 Å². The van der Waals surface area contributed by atoms with Crippen molar-refractivity contribution in [3.05, 3.63) is 12.3 Å². The largest absolute Gasteiger partial charge is 0.534 e. The predicted octanol–water partition coefficient (Wildman–Crippen LogP) is 3.45. The molecule has 10 heteroatoms.